The van der Waals surface area contributed by atoms with Gasteiger partial charge < -0.3 is 9.64 Å². The van der Waals surface area contributed by atoms with E-state index in [1.54, 1.807) is 0 Å². The molecule has 0 aromatic heterocycles. The maximum atomic E-state index is 10.8. The number of hydrogen-bond acceptors (Lipinski definition) is 3. The molecule has 4 aromatic rings. The molecule has 0 fully saturated rings. The number of nitrogens with zero attached hydrogens (tertiary/aromatic N) is 2. The fourth-order valence-corrected chi connectivity index (χ4v) is 7.02. The highest BCUT2D eigenvalue weighted by Crippen LogP contribution is 2.49. The van der Waals surface area contributed by atoms with Gasteiger partial charge in [0.05, 0.1) is 17.3 Å². The van der Waals surface area contributed by atoms with Crippen molar-refractivity contribution in [2.75, 3.05) is 25.1 Å². The first kappa shape index (κ1) is 26.8. The van der Waals surface area contributed by atoms with E-state index in [0.717, 1.165) is 0 Å². The summed E-state index contributed by atoms with van der Waals surface area (Å²) in [6.45, 7) is 10.6. The molecule has 41 heavy (non-hydrogen) atoms. The minimum atomic E-state index is -0.155. The monoisotopic (exact) mass is 541 g/mol. The van der Waals surface area contributed by atoms with Crippen molar-refractivity contribution < 1.29 is 14.1 Å². The van der Waals surface area contributed by atoms with E-state index in [-0.39, 0.29) is 10.8 Å². The lowest BCUT2D eigenvalue weighted by Crippen LogP contribution is -2.29. The summed E-state index contributed by atoms with van der Waals surface area (Å²) >= 11 is 0. The molecule has 0 unspecified atom stereocenters. The quantitative estimate of drug-likeness (QED) is 0.0782. The molecule has 0 atom stereocenters. The molecule has 2 heterocycles. The third-order valence-corrected chi connectivity index (χ3v) is 8.90. The number of fused-ring (bicyclic) bond motifs is 7. The number of rotatable bonds is 7. The molecule has 206 valence electrons. The number of ether oxygens (including phenoxy) is 1. The van der Waals surface area contributed by atoms with Crippen molar-refractivity contribution in [3.8, 4) is 0 Å². The number of para-hydroxylation sites is 1. The van der Waals surface area contributed by atoms with Crippen LogP contribution in [0, 0.1) is 0 Å². The minimum Gasteiger partial charge on any atom is -0.466 e. The number of anilines is 1. The van der Waals surface area contributed by atoms with E-state index < -0.39 is 0 Å². The predicted molar refractivity (Wildman–Crippen MR) is 171 cm³/mol. The molecular formula is C37H37N2O2+. The van der Waals surface area contributed by atoms with Gasteiger partial charge in [-0.15, -0.1) is 0 Å². The van der Waals surface area contributed by atoms with Crippen LogP contribution in [-0.2, 0) is 20.4 Å². The van der Waals surface area contributed by atoms with Crippen LogP contribution in [0.15, 0.2) is 109 Å². The van der Waals surface area contributed by atoms with Crippen molar-refractivity contribution in [1.82, 2.24) is 0 Å². The second-order valence-electron chi connectivity index (χ2n) is 11.9. The Morgan fingerprint density at radius 2 is 1.41 bits per heavy atom. The van der Waals surface area contributed by atoms with E-state index in [1.807, 2.05) is 0 Å². The Hall–Kier alpha value is -4.44. The zero-order chi connectivity index (χ0) is 28.8. The lowest BCUT2D eigenvalue weighted by atomic mass is 9.78. The topological polar surface area (TPSA) is 32.5 Å². The van der Waals surface area contributed by atoms with Crippen LogP contribution >= 0.6 is 0 Å². The van der Waals surface area contributed by atoms with E-state index in [2.05, 4.69) is 147 Å². The Kier molecular flexibility index (Phi) is 6.65. The molecule has 0 saturated carbocycles. The number of hydrogen-bond donors (Lipinski definition) is 0. The summed E-state index contributed by atoms with van der Waals surface area (Å²) in [5.41, 5.74) is 7.29. The van der Waals surface area contributed by atoms with E-state index in [0.29, 0.717) is 19.6 Å². The van der Waals surface area contributed by atoms with Crippen LogP contribution in [0.4, 0.5) is 11.4 Å². The summed E-state index contributed by atoms with van der Waals surface area (Å²) in [7, 11) is 2.19. The van der Waals surface area contributed by atoms with Gasteiger partial charge in [0.2, 0.25) is 5.69 Å². The molecular weight excluding hydrogens is 504 g/mol. The van der Waals surface area contributed by atoms with Gasteiger partial charge in [0.1, 0.15) is 13.7 Å². The highest BCUT2D eigenvalue weighted by molar-refractivity contribution is 6.18. The van der Waals surface area contributed by atoms with E-state index in [1.165, 1.54) is 55.5 Å². The maximum absolute atomic E-state index is 10.8. The van der Waals surface area contributed by atoms with Crippen molar-refractivity contribution in [1.29, 1.82) is 0 Å². The zero-order valence-corrected chi connectivity index (χ0v) is 24.5. The first-order valence-corrected chi connectivity index (χ1v) is 14.3. The van der Waals surface area contributed by atoms with Crippen LogP contribution in [-0.4, -0.2) is 37.0 Å². The SMILES string of the molecule is C[N+]1=C(/C=C/C=C/C=C2\N(CCOC=O)c3ccccc3C2(C)C)C(C)(C)c2c1c1ccccc1c1ccccc21. The molecule has 0 N–H and O–H groups in total. The standard InChI is InChI=1S/C37H37N2O2/c1-36(2)30-19-13-14-20-31(30)39(23-24-41-25-40)33(36)22-8-6-7-21-32-37(3,4)34-28-17-11-9-15-26(28)27-16-10-12-18-29(27)35(34)38(32)5/h6-22,25H,23-24H2,1-5H3/q+1. The highest BCUT2D eigenvalue weighted by atomic mass is 16.5. The maximum Gasteiger partial charge on any atom is 0.293 e. The molecule has 0 radical (unpaired) electrons. The zero-order valence-electron chi connectivity index (χ0n) is 24.5. The van der Waals surface area contributed by atoms with Gasteiger partial charge in [0.25, 0.3) is 6.47 Å². The summed E-state index contributed by atoms with van der Waals surface area (Å²) in [5.74, 6) is 0. The molecule has 2 aliphatic heterocycles. The molecule has 4 nitrogen and oxygen atoms in total. The molecule has 0 bridgehead atoms. The van der Waals surface area contributed by atoms with Crippen molar-refractivity contribution in [2.45, 2.75) is 38.5 Å². The Balaban J connectivity index is 1.35. The van der Waals surface area contributed by atoms with Crippen LogP contribution in [0.1, 0.15) is 38.8 Å². The molecule has 0 spiro atoms. The van der Waals surface area contributed by atoms with Crippen molar-refractivity contribution in [3.05, 3.63) is 120 Å². The Morgan fingerprint density at radius 1 is 0.780 bits per heavy atom. The Morgan fingerprint density at radius 3 is 2.15 bits per heavy atom. The van der Waals surface area contributed by atoms with Crippen molar-refractivity contribution in [3.63, 3.8) is 0 Å². The molecule has 0 amide bonds. The number of benzene rings is 4. The summed E-state index contributed by atoms with van der Waals surface area (Å²) < 4.78 is 7.42. The molecule has 6 rings (SSSR count). The Labute approximate surface area is 242 Å². The van der Waals surface area contributed by atoms with Gasteiger partial charge in [-0.05, 0) is 53.8 Å². The molecule has 0 saturated heterocycles. The molecule has 4 heteroatoms. The minimum absolute atomic E-state index is 0.152. The van der Waals surface area contributed by atoms with Gasteiger partial charge in [-0.2, -0.15) is 4.58 Å². The summed E-state index contributed by atoms with van der Waals surface area (Å²) in [6.07, 6.45) is 10.8. The van der Waals surface area contributed by atoms with Crippen molar-refractivity contribution in [2.24, 2.45) is 0 Å². The first-order valence-electron chi connectivity index (χ1n) is 14.3. The van der Waals surface area contributed by atoms with Crippen LogP contribution in [0.25, 0.3) is 21.5 Å². The van der Waals surface area contributed by atoms with Gasteiger partial charge in [-0.3, -0.25) is 4.79 Å². The van der Waals surface area contributed by atoms with E-state index in [4.69, 9.17) is 4.74 Å². The second kappa shape index (κ2) is 10.2. The van der Waals surface area contributed by atoms with E-state index in [9.17, 15) is 4.79 Å². The lowest BCUT2D eigenvalue weighted by Gasteiger charge is -2.26. The van der Waals surface area contributed by atoms with E-state index >= 15 is 0 Å². The van der Waals surface area contributed by atoms with Gasteiger partial charge >= 0.3 is 0 Å². The van der Waals surface area contributed by atoms with Crippen molar-refractivity contribution >= 4 is 45.1 Å². The van der Waals surface area contributed by atoms with Gasteiger partial charge in [0, 0.05) is 28.4 Å². The average Bonchev–Trinajstić information content (AvgIpc) is 3.31. The number of carbonyl (C=O) groups excluding carboxylic acids is 1. The van der Waals surface area contributed by atoms with Gasteiger partial charge in [-0.1, -0.05) is 92.7 Å². The fourth-order valence-electron chi connectivity index (χ4n) is 7.02. The third kappa shape index (κ3) is 4.21. The summed E-state index contributed by atoms with van der Waals surface area (Å²) in [6, 6.07) is 26.0. The number of allylic oxidation sites excluding steroid dienone is 6. The summed E-state index contributed by atoms with van der Waals surface area (Å²) in [5, 5.41) is 5.22. The Bertz CT molecular complexity index is 1800. The van der Waals surface area contributed by atoms with Gasteiger partial charge in [-0.25, -0.2) is 0 Å². The highest BCUT2D eigenvalue weighted by Gasteiger charge is 2.45. The molecule has 4 aromatic carbocycles. The molecule has 2 aliphatic rings. The largest absolute Gasteiger partial charge is 0.466 e. The normalized spacial score (nSPS) is 18.3. The molecule has 0 aliphatic carbocycles. The van der Waals surface area contributed by atoms with Crippen LogP contribution in [0.2, 0.25) is 0 Å². The number of carbonyl (C=O) groups is 1. The van der Waals surface area contributed by atoms with Crippen LogP contribution in [0.5, 0.6) is 0 Å². The third-order valence-electron chi connectivity index (χ3n) is 8.90. The average molecular weight is 542 g/mol. The summed E-state index contributed by atoms with van der Waals surface area (Å²) in [4.78, 5) is 13.0. The fraction of sp³-hybridized carbons (Fsp3) is 0.243. The van der Waals surface area contributed by atoms with Crippen LogP contribution in [0.3, 0.4) is 0 Å². The first-order chi connectivity index (χ1) is 19.8. The predicted octanol–water partition coefficient (Wildman–Crippen LogP) is 7.97. The lowest BCUT2D eigenvalue weighted by molar-refractivity contribution is -0.399. The smallest absolute Gasteiger partial charge is 0.293 e. The van der Waals surface area contributed by atoms with Gasteiger partial charge in [0.15, 0.2) is 5.71 Å². The van der Waals surface area contributed by atoms with Crippen LogP contribution < -0.4 is 4.90 Å². The second-order valence-corrected chi connectivity index (χ2v) is 11.9.